The van der Waals surface area contributed by atoms with E-state index in [1.54, 1.807) is 12.1 Å². The molecule has 1 heterocycles. The zero-order chi connectivity index (χ0) is 16.7. The molecular weight excluding hydrogens is 375 g/mol. The van der Waals surface area contributed by atoms with E-state index >= 15 is 0 Å². The second-order valence-electron chi connectivity index (χ2n) is 6.09. The van der Waals surface area contributed by atoms with E-state index in [0.717, 1.165) is 16.7 Å². The molecule has 0 bridgehead atoms. The average molecular weight is 389 g/mol. The van der Waals surface area contributed by atoms with Crippen LogP contribution < -0.4 is 0 Å². The van der Waals surface area contributed by atoms with Gasteiger partial charge in [-0.25, -0.2) is 4.39 Å². The summed E-state index contributed by atoms with van der Waals surface area (Å²) in [6.07, 6.45) is 1.34. The van der Waals surface area contributed by atoms with Crippen molar-refractivity contribution in [3.63, 3.8) is 0 Å². The largest absolute Gasteiger partial charge is 0.379 e. The van der Waals surface area contributed by atoms with Crippen molar-refractivity contribution in [2.75, 3.05) is 0 Å². The highest BCUT2D eigenvalue weighted by atomic mass is 79.9. The lowest BCUT2D eigenvalue weighted by Gasteiger charge is -2.16. The molecule has 0 spiro atoms. The Balaban J connectivity index is 1.56. The molecular formula is C18H14BrFN2O2. The molecule has 0 saturated carbocycles. The van der Waals surface area contributed by atoms with Gasteiger partial charge in [0.1, 0.15) is 5.82 Å². The quantitative estimate of drug-likeness (QED) is 0.745. The molecule has 0 fully saturated rings. The Morgan fingerprint density at radius 2 is 1.88 bits per heavy atom. The predicted molar refractivity (Wildman–Crippen MR) is 89.0 cm³/mol. The Labute approximate surface area is 146 Å². The van der Waals surface area contributed by atoms with Crippen LogP contribution in [-0.2, 0) is 24.9 Å². The minimum Gasteiger partial charge on any atom is -0.379 e. The molecule has 0 atom stereocenters. The van der Waals surface area contributed by atoms with Crippen LogP contribution in [0.4, 0.5) is 4.39 Å². The zero-order valence-electron chi connectivity index (χ0n) is 12.7. The minimum atomic E-state index is -1.15. The van der Waals surface area contributed by atoms with Crippen molar-refractivity contribution in [1.82, 2.24) is 10.1 Å². The lowest BCUT2D eigenvalue weighted by atomic mass is 10.0. The summed E-state index contributed by atoms with van der Waals surface area (Å²) in [6.45, 7) is 0. The summed E-state index contributed by atoms with van der Waals surface area (Å²) in [5, 5.41) is 14.9. The fraction of sp³-hybridized carbons (Fsp3) is 0.222. The lowest BCUT2D eigenvalue weighted by molar-refractivity contribution is 0.0145. The van der Waals surface area contributed by atoms with Gasteiger partial charge in [-0.05, 0) is 44.8 Å². The molecule has 0 saturated heterocycles. The molecule has 3 aromatic rings. The van der Waals surface area contributed by atoms with Crippen LogP contribution in [0.1, 0.15) is 28.4 Å². The van der Waals surface area contributed by atoms with E-state index < -0.39 is 5.60 Å². The number of rotatable bonds is 3. The third-order valence-electron chi connectivity index (χ3n) is 4.30. The summed E-state index contributed by atoms with van der Waals surface area (Å²) in [5.74, 6) is 0.383. The van der Waals surface area contributed by atoms with E-state index in [4.69, 9.17) is 4.52 Å². The highest BCUT2D eigenvalue weighted by Crippen LogP contribution is 2.36. The maximum absolute atomic E-state index is 13.3. The molecule has 0 aliphatic heterocycles. The molecule has 4 nitrogen and oxygen atoms in total. The fourth-order valence-electron chi connectivity index (χ4n) is 3.09. The molecule has 0 amide bonds. The maximum Gasteiger partial charge on any atom is 0.259 e. The first-order valence-corrected chi connectivity index (χ1v) is 8.39. The summed E-state index contributed by atoms with van der Waals surface area (Å²) >= 11 is 3.16. The molecule has 4 rings (SSSR count). The number of hydrogen-bond donors (Lipinski definition) is 1. The van der Waals surface area contributed by atoms with Gasteiger partial charge in [0.25, 0.3) is 5.89 Å². The molecule has 2 aromatic carbocycles. The highest BCUT2D eigenvalue weighted by Gasteiger charge is 2.41. The molecule has 1 N–H and O–H groups in total. The van der Waals surface area contributed by atoms with Gasteiger partial charge in [-0.15, -0.1) is 0 Å². The zero-order valence-corrected chi connectivity index (χ0v) is 14.3. The lowest BCUT2D eigenvalue weighted by Crippen LogP contribution is -2.26. The van der Waals surface area contributed by atoms with Crippen molar-refractivity contribution in [3.8, 4) is 0 Å². The van der Waals surface area contributed by atoms with E-state index in [1.807, 2.05) is 24.3 Å². The first-order chi connectivity index (χ1) is 11.5. The van der Waals surface area contributed by atoms with Gasteiger partial charge in [0.15, 0.2) is 11.4 Å². The second kappa shape index (κ2) is 5.79. The van der Waals surface area contributed by atoms with Crippen LogP contribution in [0.2, 0.25) is 0 Å². The average Bonchev–Trinajstić information content (AvgIpc) is 3.15. The van der Waals surface area contributed by atoms with Gasteiger partial charge >= 0.3 is 0 Å². The molecule has 1 aliphatic carbocycles. The topological polar surface area (TPSA) is 59.2 Å². The Morgan fingerprint density at radius 1 is 1.17 bits per heavy atom. The highest BCUT2D eigenvalue weighted by molar-refractivity contribution is 9.10. The predicted octanol–water partition coefficient (Wildman–Crippen LogP) is 3.55. The molecule has 6 heteroatoms. The third-order valence-corrected chi connectivity index (χ3v) is 4.90. The smallest absolute Gasteiger partial charge is 0.259 e. The van der Waals surface area contributed by atoms with Crippen LogP contribution in [0.5, 0.6) is 0 Å². The summed E-state index contributed by atoms with van der Waals surface area (Å²) in [5.41, 5.74) is 1.90. The molecule has 1 aromatic heterocycles. The number of hydrogen-bond acceptors (Lipinski definition) is 4. The van der Waals surface area contributed by atoms with Crippen LogP contribution in [-0.4, -0.2) is 15.2 Å². The number of nitrogens with zero attached hydrogens (tertiary/aromatic N) is 2. The standard InChI is InChI=1S/C18H14BrFN2O2/c19-14-7-11(5-6-15(14)20)8-16-21-17(24-22-16)18(23)9-12-3-1-2-4-13(12)10-18/h1-7,23H,8-10H2. The Bertz CT molecular complexity index is 885. The van der Waals surface area contributed by atoms with E-state index in [0.29, 0.717) is 29.6 Å². The fourth-order valence-corrected chi connectivity index (χ4v) is 3.52. The first kappa shape index (κ1) is 15.5. The summed E-state index contributed by atoms with van der Waals surface area (Å²) in [7, 11) is 0. The minimum absolute atomic E-state index is 0.231. The summed E-state index contributed by atoms with van der Waals surface area (Å²) < 4.78 is 19.0. The van der Waals surface area contributed by atoms with E-state index in [-0.39, 0.29) is 11.7 Å². The maximum atomic E-state index is 13.3. The van der Waals surface area contributed by atoms with Crippen molar-refractivity contribution in [3.05, 3.63) is 81.2 Å². The van der Waals surface area contributed by atoms with E-state index in [1.165, 1.54) is 6.07 Å². The first-order valence-electron chi connectivity index (χ1n) is 7.60. The van der Waals surface area contributed by atoms with Crippen LogP contribution in [0.3, 0.4) is 0 Å². The number of aromatic nitrogens is 2. The van der Waals surface area contributed by atoms with Crippen LogP contribution in [0, 0.1) is 5.82 Å². The van der Waals surface area contributed by atoms with Gasteiger partial charge < -0.3 is 9.63 Å². The van der Waals surface area contributed by atoms with Crippen molar-refractivity contribution < 1.29 is 14.0 Å². The Hall–Kier alpha value is -2.05. The number of benzene rings is 2. The van der Waals surface area contributed by atoms with E-state index in [9.17, 15) is 9.50 Å². The molecule has 24 heavy (non-hydrogen) atoms. The SMILES string of the molecule is OC1(c2nc(Cc3ccc(F)c(Br)c3)no2)Cc2ccccc2C1. The van der Waals surface area contributed by atoms with Crippen LogP contribution in [0.25, 0.3) is 0 Å². The van der Waals surface area contributed by atoms with Crippen molar-refractivity contribution in [1.29, 1.82) is 0 Å². The molecule has 1 aliphatic rings. The Kier molecular flexibility index (Phi) is 3.73. The van der Waals surface area contributed by atoms with Gasteiger partial charge in [0, 0.05) is 19.3 Å². The second-order valence-corrected chi connectivity index (χ2v) is 6.95. The third kappa shape index (κ3) is 2.76. The number of aliphatic hydroxyl groups is 1. The summed E-state index contributed by atoms with van der Waals surface area (Å²) in [4.78, 5) is 4.36. The number of halogens is 2. The molecule has 0 unspecified atom stereocenters. The Morgan fingerprint density at radius 3 is 2.54 bits per heavy atom. The monoisotopic (exact) mass is 388 g/mol. The van der Waals surface area contributed by atoms with Gasteiger partial charge in [-0.2, -0.15) is 4.98 Å². The van der Waals surface area contributed by atoms with Gasteiger partial charge in [0.2, 0.25) is 0 Å². The van der Waals surface area contributed by atoms with Crippen molar-refractivity contribution >= 4 is 15.9 Å². The van der Waals surface area contributed by atoms with Crippen LogP contribution >= 0.6 is 15.9 Å². The molecule has 122 valence electrons. The van der Waals surface area contributed by atoms with Crippen LogP contribution in [0.15, 0.2) is 51.5 Å². The normalized spacial score (nSPS) is 15.5. The van der Waals surface area contributed by atoms with Gasteiger partial charge in [-0.1, -0.05) is 35.5 Å². The number of fused-ring (bicyclic) bond motifs is 1. The van der Waals surface area contributed by atoms with E-state index in [2.05, 4.69) is 26.1 Å². The van der Waals surface area contributed by atoms with Gasteiger partial charge in [0.05, 0.1) is 4.47 Å². The molecule has 0 radical (unpaired) electrons. The van der Waals surface area contributed by atoms with Gasteiger partial charge in [-0.3, -0.25) is 0 Å². The van der Waals surface area contributed by atoms with Crippen molar-refractivity contribution in [2.24, 2.45) is 0 Å². The van der Waals surface area contributed by atoms with Crippen molar-refractivity contribution in [2.45, 2.75) is 24.9 Å². The summed E-state index contributed by atoms with van der Waals surface area (Å²) in [6, 6.07) is 12.7.